The van der Waals surface area contributed by atoms with Crippen molar-refractivity contribution in [3.05, 3.63) is 36.7 Å². The monoisotopic (exact) mass is 257 g/mol. The number of aromatic hydroxyl groups is 1. The number of aromatic amines is 1. The van der Waals surface area contributed by atoms with E-state index in [1.807, 2.05) is 18.4 Å². The normalized spacial score (nSPS) is 10.9. The topological polar surface area (TPSA) is 61.8 Å². The summed E-state index contributed by atoms with van der Waals surface area (Å²) in [6.07, 6.45) is 5.45. The minimum absolute atomic E-state index is 0.265. The molecule has 18 heavy (non-hydrogen) atoms. The van der Waals surface area contributed by atoms with Gasteiger partial charge in [0.2, 0.25) is 0 Å². The van der Waals surface area contributed by atoms with Gasteiger partial charge in [-0.15, -0.1) is 11.8 Å². The Balaban J connectivity index is 2.19. The molecular weight excluding hydrogens is 246 g/mol. The molecule has 2 aromatic heterocycles. The fraction of sp³-hybridized carbons (Fsp3) is 0.0769. The number of aromatic nitrogens is 3. The van der Waals surface area contributed by atoms with Crippen molar-refractivity contribution in [3.8, 4) is 17.1 Å². The van der Waals surface area contributed by atoms with Crippen LogP contribution in [0.4, 0.5) is 0 Å². The van der Waals surface area contributed by atoms with Gasteiger partial charge in [0.25, 0.3) is 0 Å². The molecule has 0 aliphatic heterocycles. The van der Waals surface area contributed by atoms with Crippen molar-refractivity contribution < 1.29 is 5.11 Å². The molecule has 0 saturated heterocycles. The Kier molecular flexibility index (Phi) is 2.68. The van der Waals surface area contributed by atoms with Crippen LogP contribution in [0.1, 0.15) is 0 Å². The highest BCUT2D eigenvalue weighted by Gasteiger charge is 2.10. The van der Waals surface area contributed by atoms with Gasteiger partial charge < -0.3 is 10.1 Å². The van der Waals surface area contributed by atoms with Crippen LogP contribution in [0.5, 0.6) is 5.75 Å². The highest BCUT2D eigenvalue weighted by Crippen LogP contribution is 2.32. The molecular formula is C13H11N3OS. The smallest absolute Gasteiger partial charge is 0.139 e. The zero-order valence-electron chi connectivity index (χ0n) is 9.71. The van der Waals surface area contributed by atoms with E-state index >= 15 is 0 Å². The van der Waals surface area contributed by atoms with Gasteiger partial charge in [-0.05, 0) is 30.5 Å². The maximum Gasteiger partial charge on any atom is 0.139 e. The van der Waals surface area contributed by atoms with E-state index in [0.29, 0.717) is 0 Å². The van der Waals surface area contributed by atoms with E-state index in [0.717, 1.165) is 27.3 Å². The first-order chi connectivity index (χ1) is 8.78. The second-order valence-corrected chi connectivity index (χ2v) is 4.71. The number of phenols is 1. The fourth-order valence-corrected chi connectivity index (χ4v) is 2.48. The molecule has 0 fully saturated rings. The number of thioether (sulfide) groups is 1. The van der Waals surface area contributed by atoms with Gasteiger partial charge in [0.1, 0.15) is 11.6 Å². The SMILES string of the molecule is CSc1cc(O)ccc1-c1nc2ccncc2[nH]1. The van der Waals surface area contributed by atoms with Gasteiger partial charge in [-0.2, -0.15) is 0 Å². The number of phenolic OH excluding ortho intramolecular Hbond substituents is 1. The molecule has 0 atom stereocenters. The Morgan fingerprint density at radius 2 is 2.17 bits per heavy atom. The number of H-pyrrole nitrogens is 1. The zero-order chi connectivity index (χ0) is 12.5. The number of imidazole rings is 1. The Labute approximate surface area is 108 Å². The average molecular weight is 257 g/mol. The summed E-state index contributed by atoms with van der Waals surface area (Å²) in [7, 11) is 0. The summed E-state index contributed by atoms with van der Waals surface area (Å²) in [5, 5.41) is 9.50. The first kappa shape index (κ1) is 11.1. The van der Waals surface area contributed by atoms with Crippen LogP contribution < -0.4 is 0 Å². The van der Waals surface area contributed by atoms with Crippen LogP contribution in [0.3, 0.4) is 0 Å². The van der Waals surface area contributed by atoms with Gasteiger partial charge in [0.15, 0.2) is 0 Å². The summed E-state index contributed by atoms with van der Waals surface area (Å²) < 4.78 is 0. The molecule has 90 valence electrons. The van der Waals surface area contributed by atoms with Crippen molar-refractivity contribution in [2.24, 2.45) is 0 Å². The lowest BCUT2D eigenvalue weighted by molar-refractivity contribution is 0.474. The van der Waals surface area contributed by atoms with Crippen molar-refractivity contribution in [2.45, 2.75) is 4.90 Å². The molecule has 0 saturated carbocycles. The molecule has 0 amide bonds. The van der Waals surface area contributed by atoms with Gasteiger partial charge in [-0.3, -0.25) is 4.98 Å². The minimum atomic E-state index is 0.265. The Hall–Kier alpha value is -2.01. The molecule has 0 radical (unpaired) electrons. The first-order valence-corrected chi connectivity index (χ1v) is 6.67. The standard InChI is InChI=1S/C13H11N3OS/c1-18-12-6-8(17)2-3-9(12)13-15-10-4-5-14-7-11(10)16-13/h2-7,17H,1H3,(H,15,16). The predicted molar refractivity (Wildman–Crippen MR) is 72.8 cm³/mol. The summed E-state index contributed by atoms with van der Waals surface area (Å²) in [5.41, 5.74) is 2.78. The molecule has 5 heteroatoms. The van der Waals surface area contributed by atoms with Crippen LogP contribution in [0, 0.1) is 0 Å². The lowest BCUT2D eigenvalue weighted by atomic mass is 10.2. The van der Waals surface area contributed by atoms with Crippen molar-refractivity contribution >= 4 is 22.8 Å². The van der Waals surface area contributed by atoms with Crippen LogP contribution in [0.15, 0.2) is 41.6 Å². The molecule has 0 spiro atoms. The van der Waals surface area contributed by atoms with Gasteiger partial charge in [-0.25, -0.2) is 4.98 Å². The van der Waals surface area contributed by atoms with Crippen LogP contribution in [0.25, 0.3) is 22.4 Å². The van der Waals surface area contributed by atoms with Gasteiger partial charge in [0.05, 0.1) is 17.2 Å². The number of hydrogen-bond acceptors (Lipinski definition) is 4. The summed E-state index contributed by atoms with van der Waals surface area (Å²) in [6.45, 7) is 0. The maximum atomic E-state index is 9.50. The highest BCUT2D eigenvalue weighted by molar-refractivity contribution is 7.98. The molecule has 0 aliphatic carbocycles. The second kappa shape index (κ2) is 4.34. The molecule has 0 bridgehead atoms. The van der Waals surface area contributed by atoms with E-state index in [1.54, 1.807) is 36.3 Å². The summed E-state index contributed by atoms with van der Waals surface area (Å²) >= 11 is 1.58. The molecule has 0 aliphatic rings. The lowest BCUT2D eigenvalue weighted by Gasteiger charge is -2.04. The minimum Gasteiger partial charge on any atom is -0.508 e. The molecule has 2 N–H and O–H groups in total. The van der Waals surface area contributed by atoms with E-state index in [9.17, 15) is 5.11 Å². The third-order valence-corrected chi connectivity index (χ3v) is 3.50. The summed E-state index contributed by atoms with van der Waals surface area (Å²) in [6, 6.07) is 7.15. The number of benzene rings is 1. The lowest BCUT2D eigenvalue weighted by Crippen LogP contribution is -1.84. The fourth-order valence-electron chi connectivity index (χ4n) is 1.86. The molecule has 3 rings (SSSR count). The summed E-state index contributed by atoms with van der Waals surface area (Å²) in [4.78, 5) is 12.8. The summed E-state index contributed by atoms with van der Waals surface area (Å²) in [5.74, 6) is 1.06. The van der Waals surface area contributed by atoms with E-state index in [1.165, 1.54) is 0 Å². The van der Waals surface area contributed by atoms with E-state index in [2.05, 4.69) is 15.0 Å². The Bertz CT molecular complexity index is 675. The van der Waals surface area contributed by atoms with Gasteiger partial charge in [0, 0.05) is 16.7 Å². The van der Waals surface area contributed by atoms with Crippen molar-refractivity contribution in [1.82, 2.24) is 15.0 Å². The maximum absolute atomic E-state index is 9.50. The second-order valence-electron chi connectivity index (χ2n) is 3.86. The van der Waals surface area contributed by atoms with Crippen LogP contribution in [-0.4, -0.2) is 26.3 Å². The van der Waals surface area contributed by atoms with Crippen molar-refractivity contribution in [2.75, 3.05) is 6.26 Å². The number of nitrogens with one attached hydrogen (secondary N) is 1. The first-order valence-electron chi connectivity index (χ1n) is 5.45. The molecule has 1 aromatic carbocycles. The molecule has 0 unspecified atom stereocenters. The third kappa shape index (κ3) is 1.82. The highest BCUT2D eigenvalue weighted by atomic mass is 32.2. The Morgan fingerprint density at radius 1 is 1.28 bits per heavy atom. The quantitative estimate of drug-likeness (QED) is 0.693. The third-order valence-electron chi connectivity index (χ3n) is 2.72. The number of rotatable bonds is 2. The van der Waals surface area contributed by atoms with Crippen LogP contribution in [0.2, 0.25) is 0 Å². The molecule has 4 nitrogen and oxygen atoms in total. The van der Waals surface area contributed by atoms with E-state index < -0.39 is 0 Å². The van der Waals surface area contributed by atoms with E-state index in [-0.39, 0.29) is 5.75 Å². The largest absolute Gasteiger partial charge is 0.508 e. The zero-order valence-corrected chi connectivity index (χ0v) is 10.5. The van der Waals surface area contributed by atoms with Crippen LogP contribution >= 0.6 is 11.8 Å². The predicted octanol–water partition coefficient (Wildman–Crippen LogP) is 3.05. The molecule has 2 heterocycles. The van der Waals surface area contributed by atoms with Crippen LogP contribution in [-0.2, 0) is 0 Å². The van der Waals surface area contributed by atoms with Gasteiger partial charge in [-0.1, -0.05) is 0 Å². The number of fused-ring (bicyclic) bond motifs is 1. The number of pyridine rings is 1. The number of hydrogen-bond donors (Lipinski definition) is 2. The van der Waals surface area contributed by atoms with Crippen molar-refractivity contribution in [1.29, 1.82) is 0 Å². The Morgan fingerprint density at radius 3 is 2.94 bits per heavy atom. The average Bonchev–Trinajstić information content (AvgIpc) is 2.82. The molecule has 3 aromatic rings. The van der Waals surface area contributed by atoms with Gasteiger partial charge >= 0.3 is 0 Å². The van der Waals surface area contributed by atoms with Crippen molar-refractivity contribution in [3.63, 3.8) is 0 Å². The van der Waals surface area contributed by atoms with E-state index in [4.69, 9.17) is 0 Å². The number of nitrogens with zero attached hydrogens (tertiary/aromatic N) is 2.